The average Bonchev–Trinajstić information content (AvgIpc) is 2.84. The van der Waals surface area contributed by atoms with Crippen molar-refractivity contribution in [1.82, 2.24) is 5.32 Å². The average molecular weight is 337 g/mol. The fourth-order valence-corrected chi connectivity index (χ4v) is 3.65. The highest BCUT2D eigenvalue weighted by molar-refractivity contribution is 7.21. The lowest BCUT2D eigenvalue weighted by molar-refractivity contribution is -0.137. The Balaban J connectivity index is 1.84. The molecule has 2 rings (SSSR count). The summed E-state index contributed by atoms with van der Waals surface area (Å²) < 4.78 is 14.6. The molecule has 0 saturated carbocycles. The molecule has 1 aromatic heterocycles. The van der Waals surface area contributed by atoms with Gasteiger partial charge in [0, 0.05) is 23.1 Å². The van der Waals surface area contributed by atoms with Crippen molar-refractivity contribution in [1.29, 1.82) is 0 Å². The van der Waals surface area contributed by atoms with Crippen molar-refractivity contribution in [2.75, 3.05) is 6.54 Å². The van der Waals surface area contributed by atoms with Gasteiger partial charge in [0.25, 0.3) is 5.91 Å². The number of nitrogens with one attached hydrogen (secondary N) is 1. The number of amides is 1. The maximum absolute atomic E-state index is 13.8. The number of hydrogen-bond acceptors (Lipinski definition) is 3. The first-order valence-corrected chi connectivity index (χ1v) is 8.50. The normalized spacial score (nSPS) is 10.9. The van der Waals surface area contributed by atoms with E-state index >= 15 is 0 Å². The highest BCUT2D eigenvalue weighted by Gasteiger charge is 2.17. The molecule has 23 heavy (non-hydrogen) atoms. The minimum atomic E-state index is -0.772. The second-order valence-corrected chi connectivity index (χ2v) is 6.54. The molecule has 0 atom stereocenters. The second-order valence-electron chi connectivity index (χ2n) is 5.48. The molecule has 1 amide bonds. The Kier molecular flexibility index (Phi) is 6.10. The third kappa shape index (κ3) is 4.51. The largest absolute Gasteiger partial charge is 0.481 e. The van der Waals surface area contributed by atoms with Gasteiger partial charge >= 0.3 is 5.97 Å². The van der Waals surface area contributed by atoms with E-state index in [9.17, 15) is 14.0 Å². The van der Waals surface area contributed by atoms with Crippen LogP contribution < -0.4 is 5.32 Å². The molecule has 0 radical (unpaired) electrons. The molecule has 2 N–H and O–H groups in total. The predicted molar refractivity (Wildman–Crippen MR) is 89.6 cm³/mol. The van der Waals surface area contributed by atoms with Crippen LogP contribution in [-0.4, -0.2) is 23.5 Å². The number of fused-ring (bicyclic) bond motifs is 1. The minimum Gasteiger partial charge on any atom is -0.481 e. The third-order valence-corrected chi connectivity index (χ3v) is 4.97. The maximum atomic E-state index is 13.8. The van der Waals surface area contributed by atoms with Crippen LogP contribution in [0.5, 0.6) is 0 Å². The summed E-state index contributed by atoms with van der Waals surface area (Å²) in [5, 5.41) is 11.9. The fourth-order valence-electron chi connectivity index (χ4n) is 2.51. The standard InChI is InChI=1S/C17H20FNO3S/c1-11-15-12(18)7-6-8-13(15)23-16(11)17(22)19-10-5-3-2-4-9-14(20)21/h6-8H,2-5,9-10H2,1H3,(H,19,22)(H,20,21). The Morgan fingerprint density at radius 2 is 1.96 bits per heavy atom. The number of thiophene rings is 1. The predicted octanol–water partition coefficient (Wildman–Crippen LogP) is 4.11. The van der Waals surface area contributed by atoms with Crippen molar-refractivity contribution in [2.45, 2.75) is 39.0 Å². The topological polar surface area (TPSA) is 66.4 Å². The second kappa shape index (κ2) is 8.06. The number of aliphatic carboxylic acids is 1. The first-order valence-electron chi connectivity index (χ1n) is 7.68. The Morgan fingerprint density at radius 1 is 1.22 bits per heavy atom. The van der Waals surface area contributed by atoms with E-state index in [-0.39, 0.29) is 18.1 Å². The molecule has 6 heteroatoms. The highest BCUT2D eigenvalue weighted by Crippen LogP contribution is 2.32. The fraction of sp³-hybridized carbons (Fsp3) is 0.412. The summed E-state index contributed by atoms with van der Waals surface area (Å²) in [5.74, 6) is -1.24. The van der Waals surface area contributed by atoms with Crippen molar-refractivity contribution in [3.8, 4) is 0 Å². The van der Waals surface area contributed by atoms with Gasteiger partial charge in [-0.05, 0) is 37.5 Å². The number of benzene rings is 1. The van der Waals surface area contributed by atoms with Crippen LogP contribution in [0, 0.1) is 12.7 Å². The van der Waals surface area contributed by atoms with Crippen LogP contribution in [0.25, 0.3) is 10.1 Å². The Hall–Kier alpha value is -1.95. The Morgan fingerprint density at radius 3 is 2.65 bits per heavy atom. The molecule has 0 aliphatic rings. The van der Waals surface area contributed by atoms with E-state index in [0.29, 0.717) is 28.8 Å². The smallest absolute Gasteiger partial charge is 0.303 e. The van der Waals surface area contributed by atoms with Gasteiger partial charge in [-0.2, -0.15) is 0 Å². The number of carboxylic acids is 1. The number of unbranched alkanes of at least 4 members (excludes halogenated alkanes) is 3. The molecule has 2 aromatic rings. The zero-order chi connectivity index (χ0) is 16.8. The van der Waals surface area contributed by atoms with E-state index in [1.807, 2.05) is 6.07 Å². The van der Waals surface area contributed by atoms with Gasteiger partial charge in [-0.15, -0.1) is 11.3 Å². The lowest BCUT2D eigenvalue weighted by atomic mass is 10.1. The Bertz CT molecular complexity index is 711. The molecule has 0 bridgehead atoms. The molecule has 0 aliphatic heterocycles. The van der Waals surface area contributed by atoms with Crippen LogP contribution in [0.1, 0.15) is 47.3 Å². The van der Waals surface area contributed by atoms with Crippen molar-refractivity contribution < 1.29 is 19.1 Å². The number of hydrogen-bond donors (Lipinski definition) is 2. The molecular weight excluding hydrogens is 317 g/mol. The zero-order valence-corrected chi connectivity index (χ0v) is 13.8. The molecule has 0 unspecified atom stereocenters. The summed E-state index contributed by atoms with van der Waals surface area (Å²) in [5.41, 5.74) is 0.682. The quantitative estimate of drug-likeness (QED) is 0.712. The molecule has 124 valence electrons. The van der Waals surface area contributed by atoms with E-state index in [1.165, 1.54) is 17.4 Å². The molecule has 0 aliphatic carbocycles. The van der Waals surface area contributed by atoms with Crippen molar-refractivity contribution in [3.05, 3.63) is 34.5 Å². The van der Waals surface area contributed by atoms with E-state index in [0.717, 1.165) is 24.0 Å². The van der Waals surface area contributed by atoms with E-state index in [1.54, 1.807) is 13.0 Å². The van der Waals surface area contributed by atoms with Gasteiger partial charge in [-0.25, -0.2) is 4.39 Å². The minimum absolute atomic E-state index is 0.173. The van der Waals surface area contributed by atoms with Crippen LogP contribution in [0.2, 0.25) is 0 Å². The monoisotopic (exact) mass is 337 g/mol. The maximum Gasteiger partial charge on any atom is 0.303 e. The molecular formula is C17H20FNO3S. The van der Waals surface area contributed by atoms with Crippen LogP contribution >= 0.6 is 11.3 Å². The van der Waals surface area contributed by atoms with E-state index < -0.39 is 5.97 Å². The summed E-state index contributed by atoms with van der Waals surface area (Å²) in [6.07, 6.45) is 3.39. The summed E-state index contributed by atoms with van der Waals surface area (Å²) in [4.78, 5) is 23.2. The van der Waals surface area contributed by atoms with Gasteiger partial charge in [-0.1, -0.05) is 18.9 Å². The molecule has 1 heterocycles. The third-order valence-electron chi connectivity index (χ3n) is 3.71. The molecule has 0 spiro atoms. The number of halogens is 1. The summed E-state index contributed by atoms with van der Waals surface area (Å²) in [6, 6.07) is 4.86. The van der Waals surface area contributed by atoms with Gasteiger partial charge in [0.2, 0.25) is 0 Å². The van der Waals surface area contributed by atoms with Gasteiger partial charge in [0.15, 0.2) is 0 Å². The lowest BCUT2D eigenvalue weighted by Gasteiger charge is -2.04. The summed E-state index contributed by atoms with van der Waals surface area (Å²) in [7, 11) is 0. The first kappa shape index (κ1) is 17.4. The van der Waals surface area contributed by atoms with Crippen LogP contribution in [-0.2, 0) is 4.79 Å². The van der Waals surface area contributed by atoms with Gasteiger partial charge < -0.3 is 10.4 Å². The lowest BCUT2D eigenvalue weighted by Crippen LogP contribution is -2.24. The number of aryl methyl sites for hydroxylation is 1. The number of carboxylic acid groups (broad SMARTS) is 1. The van der Waals surface area contributed by atoms with E-state index in [4.69, 9.17) is 5.11 Å². The van der Waals surface area contributed by atoms with Gasteiger partial charge in [0.1, 0.15) is 5.82 Å². The number of rotatable bonds is 8. The van der Waals surface area contributed by atoms with Crippen molar-refractivity contribution >= 4 is 33.3 Å². The summed E-state index contributed by atoms with van der Waals surface area (Å²) >= 11 is 1.30. The highest BCUT2D eigenvalue weighted by atomic mass is 32.1. The summed E-state index contributed by atoms with van der Waals surface area (Å²) in [6.45, 7) is 2.31. The van der Waals surface area contributed by atoms with Crippen LogP contribution in [0.4, 0.5) is 4.39 Å². The number of carbonyl (C=O) groups excluding carboxylic acids is 1. The van der Waals surface area contributed by atoms with Crippen molar-refractivity contribution in [3.63, 3.8) is 0 Å². The van der Waals surface area contributed by atoms with Gasteiger partial charge in [0.05, 0.1) is 4.88 Å². The zero-order valence-electron chi connectivity index (χ0n) is 13.0. The van der Waals surface area contributed by atoms with E-state index in [2.05, 4.69) is 5.32 Å². The Labute approximate surface area is 138 Å². The molecule has 1 aromatic carbocycles. The SMILES string of the molecule is Cc1c(C(=O)NCCCCCCC(=O)O)sc2cccc(F)c12. The van der Waals surface area contributed by atoms with Crippen LogP contribution in [0.15, 0.2) is 18.2 Å². The molecule has 4 nitrogen and oxygen atoms in total. The van der Waals surface area contributed by atoms with Crippen LogP contribution in [0.3, 0.4) is 0 Å². The first-order chi connectivity index (χ1) is 11.0. The molecule has 0 saturated heterocycles. The number of carbonyl (C=O) groups is 2. The molecule has 0 fully saturated rings. The van der Waals surface area contributed by atoms with Crippen molar-refractivity contribution in [2.24, 2.45) is 0 Å². The van der Waals surface area contributed by atoms with Gasteiger partial charge in [-0.3, -0.25) is 9.59 Å².